The van der Waals surface area contributed by atoms with Gasteiger partial charge in [-0.25, -0.2) is 0 Å². The quantitative estimate of drug-likeness (QED) is 0.643. The number of nitrogens with one attached hydrogen (secondary N) is 1. The van der Waals surface area contributed by atoms with Gasteiger partial charge in [0.15, 0.2) is 0 Å². The average Bonchev–Trinajstić information content (AvgIpc) is 2.88. The zero-order chi connectivity index (χ0) is 14.1. The van der Waals surface area contributed by atoms with Gasteiger partial charge in [0.1, 0.15) is 0 Å². The largest absolute Gasteiger partial charge is 0.313 e. The van der Waals surface area contributed by atoms with E-state index in [9.17, 15) is 0 Å². The third-order valence-corrected chi connectivity index (χ3v) is 4.22. The standard InChI is InChI=1S/C17H36N2/c1-5-9-16(18-12-6-2)14-19(13-15(3)4)17-10-7-8-11-17/h15-18H,5-14H2,1-4H3. The van der Waals surface area contributed by atoms with Crippen molar-refractivity contribution in [3.05, 3.63) is 0 Å². The van der Waals surface area contributed by atoms with Crippen LogP contribution in [-0.4, -0.2) is 36.6 Å². The molecule has 1 fully saturated rings. The van der Waals surface area contributed by atoms with Gasteiger partial charge in [-0.15, -0.1) is 0 Å². The molecule has 1 aliphatic carbocycles. The molecular weight excluding hydrogens is 232 g/mol. The van der Waals surface area contributed by atoms with Crippen molar-refractivity contribution in [2.75, 3.05) is 19.6 Å². The highest BCUT2D eigenvalue weighted by Gasteiger charge is 2.25. The van der Waals surface area contributed by atoms with Crippen LogP contribution in [0.2, 0.25) is 0 Å². The SMILES string of the molecule is CCCNC(CCC)CN(CC(C)C)C1CCCC1. The van der Waals surface area contributed by atoms with Crippen molar-refractivity contribution in [1.29, 1.82) is 0 Å². The molecule has 0 radical (unpaired) electrons. The highest BCUT2D eigenvalue weighted by molar-refractivity contribution is 4.82. The molecule has 0 bridgehead atoms. The predicted octanol–water partition coefficient (Wildman–Crippen LogP) is 4.06. The Kier molecular flexibility index (Phi) is 8.72. The molecule has 0 aromatic heterocycles. The van der Waals surface area contributed by atoms with Crippen molar-refractivity contribution >= 4 is 0 Å². The summed E-state index contributed by atoms with van der Waals surface area (Å²) in [5, 5.41) is 3.76. The van der Waals surface area contributed by atoms with Crippen LogP contribution in [0.3, 0.4) is 0 Å². The van der Waals surface area contributed by atoms with E-state index in [1.54, 1.807) is 0 Å². The van der Waals surface area contributed by atoms with Gasteiger partial charge in [0.05, 0.1) is 0 Å². The van der Waals surface area contributed by atoms with Gasteiger partial charge >= 0.3 is 0 Å². The van der Waals surface area contributed by atoms with Crippen molar-refractivity contribution in [3.8, 4) is 0 Å². The summed E-state index contributed by atoms with van der Waals surface area (Å²) in [4.78, 5) is 2.79. The summed E-state index contributed by atoms with van der Waals surface area (Å²) in [5.41, 5.74) is 0. The molecule has 0 aromatic carbocycles. The summed E-state index contributed by atoms with van der Waals surface area (Å²) < 4.78 is 0. The van der Waals surface area contributed by atoms with Gasteiger partial charge in [-0.2, -0.15) is 0 Å². The van der Waals surface area contributed by atoms with Gasteiger partial charge < -0.3 is 5.32 Å². The first kappa shape index (κ1) is 17.0. The Morgan fingerprint density at radius 3 is 2.26 bits per heavy atom. The van der Waals surface area contributed by atoms with E-state index in [1.807, 2.05) is 0 Å². The van der Waals surface area contributed by atoms with E-state index in [2.05, 4.69) is 37.9 Å². The molecule has 0 amide bonds. The molecule has 1 unspecified atom stereocenters. The van der Waals surface area contributed by atoms with Crippen LogP contribution in [0.15, 0.2) is 0 Å². The van der Waals surface area contributed by atoms with Crippen LogP contribution in [0.1, 0.15) is 72.6 Å². The Morgan fingerprint density at radius 2 is 1.74 bits per heavy atom. The van der Waals surface area contributed by atoms with Gasteiger partial charge in [0.25, 0.3) is 0 Å². The second-order valence-corrected chi connectivity index (χ2v) is 6.73. The Hall–Kier alpha value is -0.0800. The maximum Gasteiger partial charge on any atom is 0.0195 e. The molecule has 1 aliphatic rings. The van der Waals surface area contributed by atoms with Crippen LogP contribution in [0, 0.1) is 5.92 Å². The molecule has 0 saturated heterocycles. The molecule has 0 spiro atoms. The second kappa shape index (κ2) is 9.77. The van der Waals surface area contributed by atoms with E-state index in [-0.39, 0.29) is 0 Å². The number of hydrogen-bond donors (Lipinski definition) is 1. The summed E-state index contributed by atoms with van der Waals surface area (Å²) in [6, 6.07) is 1.56. The highest BCUT2D eigenvalue weighted by atomic mass is 15.2. The smallest absolute Gasteiger partial charge is 0.0195 e. The number of nitrogens with zero attached hydrogens (tertiary/aromatic N) is 1. The molecule has 1 rings (SSSR count). The van der Waals surface area contributed by atoms with Crippen LogP contribution in [0.5, 0.6) is 0 Å². The van der Waals surface area contributed by atoms with Gasteiger partial charge in [-0.3, -0.25) is 4.90 Å². The molecule has 19 heavy (non-hydrogen) atoms. The zero-order valence-electron chi connectivity index (χ0n) is 13.8. The minimum Gasteiger partial charge on any atom is -0.313 e. The van der Waals surface area contributed by atoms with Crippen molar-refractivity contribution in [1.82, 2.24) is 10.2 Å². The zero-order valence-corrected chi connectivity index (χ0v) is 13.8. The van der Waals surface area contributed by atoms with E-state index in [0.717, 1.165) is 12.0 Å². The molecule has 0 heterocycles. The molecule has 1 saturated carbocycles. The first-order chi connectivity index (χ1) is 9.17. The monoisotopic (exact) mass is 268 g/mol. The predicted molar refractivity (Wildman–Crippen MR) is 85.7 cm³/mol. The van der Waals surface area contributed by atoms with Crippen LogP contribution in [0.25, 0.3) is 0 Å². The molecule has 0 aromatic rings. The average molecular weight is 268 g/mol. The van der Waals surface area contributed by atoms with E-state index in [4.69, 9.17) is 0 Å². The third kappa shape index (κ3) is 6.76. The summed E-state index contributed by atoms with van der Waals surface area (Å²) in [6.45, 7) is 13.0. The van der Waals surface area contributed by atoms with Crippen molar-refractivity contribution in [2.24, 2.45) is 5.92 Å². The minimum atomic E-state index is 0.698. The minimum absolute atomic E-state index is 0.698. The van der Waals surface area contributed by atoms with Crippen LogP contribution in [0.4, 0.5) is 0 Å². The Morgan fingerprint density at radius 1 is 1.05 bits per heavy atom. The normalized spacial score (nSPS) is 18.6. The topological polar surface area (TPSA) is 15.3 Å². The van der Waals surface area contributed by atoms with Gasteiger partial charge in [-0.1, -0.05) is 47.0 Å². The molecule has 2 heteroatoms. The fraction of sp³-hybridized carbons (Fsp3) is 1.00. The van der Waals surface area contributed by atoms with Crippen molar-refractivity contribution in [2.45, 2.75) is 84.7 Å². The summed E-state index contributed by atoms with van der Waals surface area (Å²) in [5.74, 6) is 0.786. The molecule has 2 nitrogen and oxygen atoms in total. The van der Waals surface area contributed by atoms with E-state index in [0.29, 0.717) is 6.04 Å². The molecule has 1 atom stereocenters. The molecule has 1 N–H and O–H groups in total. The summed E-state index contributed by atoms with van der Waals surface area (Å²) in [6.07, 6.45) is 9.61. The lowest BCUT2D eigenvalue weighted by Gasteiger charge is -2.34. The fourth-order valence-electron chi connectivity index (χ4n) is 3.35. The number of rotatable bonds is 10. The van der Waals surface area contributed by atoms with Crippen LogP contribution in [-0.2, 0) is 0 Å². The fourth-order valence-corrected chi connectivity index (χ4v) is 3.35. The number of hydrogen-bond acceptors (Lipinski definition) is 2. The lowest BCUT2D eigenvalue weighted by Crippen LogP contribution is -2.46. The first-order valence-corrected chi connectivity index (χ1v) is 8.64. The Labute approximate surface area is 121 Å². The molecular formula is C17H36N2. The van der Waals surface area contributed by atoms with Gasteiger partial charge in [0.2, 0.25) is 0 Å². The van der Waals surface area contributed by atoms with E-state index < -0.39 is 0 Å². The third-order valence-electron chi connectivity index (χ3n) is 4.22. The maximum absolute atomic E-state index is 3.76. The first-order valence-electron chi connectivity index (χ1n) is 8.64. The molecule has 0 aliphatic heterocycles. The summed E-state index contributed by atoms with van der Waals surface area (Å²) >= 11 is 0. The van der Waals surface area contributed by atoms with Crippen molar-refractivity contribution in [3.63, 3.8) is 0 Å². The Balaban J connectivity index is 2.50. The van der Waals surface area contributed by atoms with E-state index >= 15 is 0 Å². The summed E-state index contributed by atoms with van der Waals surface area (Å²) in [7, 11) is 0. The maximum atomic E-state index is 3.76. The lowest BCUT2D eigenvalue weighted by molar-refractivity contribution is 0.155. The van der Waals surface area contributed by atoms with Gasteiger partial charge in [-0.05, 0) is 38.1 Å². The second-order valence-electron chi connectivity index (χ2n) is 6.73. The van der Waals surface area contributed by atoms with Crippen molar-refractivity contribution < 1.29 is 0 Å². The highest BCUT2D eigenvalue weighted by Crippen LogP contribution is 2.24. The van der Waals surface area contributed by atoms with Crippen LogP contribution >= 0.6 is 0 Å². The Bertz CT molecular complexity index is 209. The van der Waals surface area contributed by atoms with Gasteiger partial charge in [0, 0.05) is 25.2 Å². The van der Waals surface area contributed by atoms with Crippen LogP contribution < -0.4 is 5.32 Å². The molecule has 114 valence electrons. The lowest BCUT2D eigenvalue weighted by atomic mass is 10.1. The van der Waals surface area contributed by atoms with E-state index in [1.165, 1.54) is 64.6 Å².